The van der Waals surface area contributed by atoms with Gasteiger partial charge < -0.3 is 11.5 Å². The highest BCUT2D eigenvalue weighted by atomic mass is 16.1. The molecule has 1 rings (SSSR count). The Morgan fingerprint density at radius 3 is 2.19 bits per heavy atom. The number of hydrogen-bond donors (Lipinski definition) is 2. The molecule has 0 saturated carbocycles. The maximum absolute atomic E-state index is 11.0. The molecule has 1 aromatic rings. The van der Waals surface area contributed by atoms with E-state index in [-0.39, 0.29) is 5.57 Å². The first-order chi connectivity index (χ1) is 7.59. The van der Waals surface area contributed by atoms with Gasteiger partial charge in [-0.15, -0.1) is 0 Å². The summed E-state index contributed by atoms with van der Waals surface area (Å²) in [6.07, 6.45) is 4.14. The summed E-state index contributed by atoms with van der Waals surface area (Å²) < 4.78 is 0. The van der Waals surface area contributed by atoms with Crippen LogP contribution in [-0.2, 0) is 9.59 Å². The van der Waals surface area contributed by atoms with Crippen molar-refractivity contribution in [2.45, 2.75) is 0 Å². The fourth-order valence-corrected chi connectivity index (χ4v) is 1.10. The van der Waals surface area contributed by atoms with Gasteiger partial charge in [0.25, 0.3) is 0 Å². The average Bonchev–Trinajstić information content (AvgIpc) is 2.25. The molecule has 1 aromatic carbocycles. The molecule has 0 aliphatic rings. The topological polar surface area (TPSA) is 86.2 Å². The summed E-state index contributed by atoms with van der Waals surface area (Å²) in [5, 5.41) is 0. The van der Waals surface area contributed by atoms with Crippen LogP contribution in [0.1, 0.15) is 5.56 Å². The lowest BCUT2D eigenvalue weighted by Gasteiger charge is -1.95. The van der Waals surface area contributed by atoms with E-state index < -0.39 is 11.8 Å². The molecule has 0 heterocycles. The predicted octanol–water partition coefficient (Wildman–Crippen LogP) is 0.597. The van der Waals surface area contributed by atoms with Crippen LogP contribution in [-0.4, -0.2) is 11.8 Å². The van der Waals surface area contributed by atoms with Crippen LogP contribution in [0.3, 0.4) is 0 Å². The molecule has 0 saturated heterocycles. The summed E-state index contributed by atoms with van der Waals surface area (Å²) in [5.41, 5.74) is 11.0. The van der Waals surface area contributed by atoms with Gasteiger partial charge in [-0.3, -0.25) is 9.59 Å². The monoisotopic (exact) mass is 216 g/mol. The van der Waals surface area contributed by atoms with E-state index in [1.807, 2.05) is 30.3 Å². The second-order valence-corrected chi connectivity index (χ2v) is 3.11. The first-order valence-corrected chi connectivity index (χ1v) is 4.63. The van der Waals surface area contributed by atoms with Crippen molar-refractivity contribution < 1.29 is 9.59 Å². The number of benzene rings is 1. The third kappa shape index (κ3) is 3.79. The standard InChI is InChI=1S/C12H12N2O2/c13-11(15)8-10(12(14)16)7-6-9-4-2-1-3-5-9/h1-8H,(H2,13,15)(H2,14,16)/b7-6?,10-8-. The van der Waals surface area contributed by atoms with Crippen LogP contribution in [0.4, 0.5) is 0 Å². The molecule has 4 N–H and O–H groups in total. The molecule has 0 unspecified atom stereocenters. The molecule has 2 amide bonds. The molecule has 0 fully saturated rings. The zero-order valence-electron chi connectivity index (χ0n) is 8.59. The van der Waals surface area contributed by atoms with Crippen LogP contribution in [0.25, 0.3) is 6.08 Å². The molecular formula is C12H12N2O2. The summed E-state index contributed by atoms with van der Waals surface area (Å²) in [4.78, 5) is 21.6. The highest BCUT2D eigenvalue weighted by Gasteiger charge is 2.01. The minimum atomic E-state index is -0.702. The third-order valence-electron chi connectivity index (χ3n) is 1.84. The summed E-state index contributed by atoms with van der Waals surface area (Å²) in [6, 6.07) is 9.33. The lowest BCUT2D eigenvalue weighted by atomic mass is 10.1. The van der Waals surface area contributed by atoms with Crippen LogP contribution in [0.5, 0.6) is 0 Å². The second-order valence-electron chi connectivity index (χ2n) is 3.11. The molecule has 0 spiro atoms. The van der Waals surface area contributed by atoms with Gasteiger partial charge in [0.1, 0.15) is 0 Å². The lowest BCUT2D eigenvalue weighted by Crippen LogP contribution is -2.16. The van der Waals surface area contributed by atoms with Gasteiger partial charge in [-0.25, -0.2) is 0 Å². The Morgan fingerprint density at radius 1 is 1.06 bits per heavy atom. The Kier molecular flexibility index (Phi) is 4.03. The summed E-state index contributed by atoms with van der Waals surface area (Å²) >= 11 is 0. The lowest BCUT2D eigenvalue weighted by molar-refractivity contribution is -0.116. The van der Waals surface area contributed by atoms with Crippen molar-refractivity contribution >= 4 is 17.9 Å². The fourth-order valence-electron chi connectivity index (χ4n) is 1.10. The quantitative estimate of drug-likeness (QED) is 0.570. The maximum Gasteiger partial charge on any atom is 0.248 e. The molecule has 0 aliphatic heterocycles. The zero-order valence-corrected chi connectivity index (χ0v) is 8.59. The van der Waals surface area contributed by atoms with Crippen molar-refractivity contribution in [3.63, 3.8) is 0 Å². The highest BCUT2D eigenvalue weighted by molar-refractivity contribution is 6.02. The van der Waals surface area contributed by atoms with Crippen LogP contribution >= 0.6 is 0 Å². The summed E-state index contributed by atoms with van der Waals surface area (Å²) in [5.74, 6) is -1.39. The minimum Gasteiger partial charge on any atom is -0.366 e. The van der Waals surface area contributed by atoms with E-state index in [1.165, 1.54) is 6.08 Å². The van der Waals surface area contributed by atoms with Gasteiger partial charge in [0, 0.05) is 11.6 Å². The van der Waals surface area contributed by atoms with Crippen LogP contribution in [0.15, 0.2) is 48.1 Å². The van der Waals surface area contributed by atoms with Gasteiger partial charge in [0.05, 0.1) is 0 Å². The molecule has 4 nitrogen and oxygen atoms in total. The summed E-state index contributed by atoms with van der Waals surface area (Å²) in [7, 11) is 0. The molecule has 0 bridgehead atoms. The van der Waals surface area contributed by atoms with Crippen LogP contribution in [0, 0.1) is 0 Å². The van der Waals surface area contributed by atoms with E-state index in [1.54, 1.807) is 6.08 Å². The highest BCUT2D eigenvalue weighted by Crippen LogP contribution is 2.04. The molecule has 82 valence electrons. The van der Waals surface area contributed by atoms with Crippen molar-refractivity contribution in [2.75, 3.05) is 0 Å². The van der Waals surface area contributed by atoms with Gasteiger partial charge in [0.15, 0.2) is 0 Å². The predicted molar refractivity (Wildman–Crippen MR) is 61.9 cm³/mol. The Labute approximate surface area is 93.2 Å². The zero-order chi connectivity index (χ0) is 12.0. The van der Waals surface area contributed by atoms with Gasteiger partial charge in [-0.1, -0.05) is 36.4 Å². The Bertz CT molecular complexity index is 447. The van der Waals surface area contributed by atoms with Gasteiger partial charge in [-0.2, -0.15) is 0 Å². The first-order valence-electron chi connectivity index (χ1n) is 4.63. The van der Waals surface area contributed by atoms with Crippen molar-refractivity contribution in [2.24, 2.45) is 11.5 Å². The summed E-state index contributed by atoms with van der Waals surface area (Å²) in [6.45, 7) is 0. The average molecular weight is 216 g/mol. The third-order valence-corrected chi connectivity index (χ3v) is 1.84. The van der Waals surface area contributed by atoms with E-state index in [9.17, 15) is 9.59 Å². The number of nitrogens with two attached hydrogens (primary N) is 2. The van der Waals surface area contributed by atoms with Crippen molar-refractivity contribution in [3.05, 3.63) is 53.6 Å². The molecular weight excluding hydrogens is 204 g/mol. The smallest absolute Gasteiger partial charge is 0.248 e. The SMILES string of the molecule is NC(=O)/C=C(/C=Cc1ccccc1)C(N)=O. The van der Waals surface area contributed by atoms with Gasteiger partial charge in [-0.05, 0) is 11.6 Å². The normalized spacial score (nSPS) is 11.6. The number of primary amides is 2. The second kappa shape index (κ2) is 5.50. The van der Waals surface area contributed by atoms with Gasteiger partial charge in [0.2, 0.25) is 11.8 Å². The molecule has 0 atom stereocenters. The molecule has 0 aromatic heterocycles. The number of amides is 2. The number of rotatable bonds is 4. The number of carbonyl (C=O) groups excluding carboxylic acids is 2. The number of carbonyl (C=O) groups is 2. The molecule has 4 heteroatoms. The van der Waals surface area contributed by atoms with Crippen LogP contribution in [0.2, 0.25) is 0 Å². The first kappa shape index (κ1) is 11.7. The van der Waals surface area contributed by atoms with E-state index in [4.69, 9.17) is 11.5 Å². The minimum absolute atomic E-state index is 0.0800. The van der Waals surface area contributed by atoms with Crippen molar-refractivity contribution in [1.29, 1.82) is 0 Å². The Hall–Kier alpha value is -2.36. The largest absolute Gasteiger partial charge is 0.366 e. The molecule has 0 radical (unpaired) electrons. The van der Waals surface area contributed by atoms with Crippen molar-refractivity contribution in [1.82, 2.24) is 0 Å². The Morgan fingerprint density at radius 2 is 1.69 bits per heavy atom. The van der Waals surface area contributed by atoms with Gasteiger partial charge >= 0.3 is 0 Å². The molecule has 16 heavy (non-hydrogen) atoms. The van der Waals surface area contributed by atoms with Crippen molar-refractivity contribution in [3.8, 4) is 0 Å². The van der Waals surface area contributed by atoms with Crippen LogP contribution < -0.4 is 11.5 Å². The Balaban J connectivity index is 2.89. The molecule has 0 aliphatic carbocycles. The van der Waals surface area contributed by atoms with E-state index in [2.05, 4.69) is 0 Å². The maximum atomic E-state index is 11.0. The van der Waals surface area contributed by atoms with E-state index in [0.717, 1.165) is 11.6 Å². The number of hydrogen-bond acceptors (Lipinski definition) is 2. The fraction of sp³-hybridized carbons (Fsp3) is 0. The van der Waals surface area contributed by atoms with E-state index in [0.29, 0.717) is 0 Å². The van der Waals surface area contributed by atoms with E-state index >= 15 is 0 Å².